The first-order valence-corrected chi connectivity index (χ1v) is 11.4. The smallest absolute Gasteiger partial charge is 0.261 e. The highest BCUT2D eigenvalue weighted by molar-refractivity contribution is 7.12. The Morgan fingerprint density at radius 2 is 1.65 bits per heavy atom. The van der Waals surface area contributed by atoms with Crippen LogP contribution in [-0.4, -0.2) is 25.0 Å². The summed E-state index contributed by atoms with van der Waals surface area (Å²) in [5.74, 6) is 0.693. The van der Waals surface area contributed by atoms with Crippen LogP contribution in [0.2, 0.25) is 0 Å². The second kappa shape index (κ2) is 11.9. The molecule has 0 radical (unpaired) electrons. The average Bonchev–Trinajstić information content (AvgIpc) is 3.34. The fraction of sp³-hybridized carbons (Fsp3) is 0.280. The third kappa shape index (κ3) is 7.26. The zero-order valence-corrected chi connectivity index (χ0v) is 18.5. The lowest BCUT2D eigenvalue weighted by molar-refractivity contribution is 0.0945. The molecule has 2 aromatic carbocycles. The van der Waals surface area contributed by atoms with Crippen molar-refractivity contribution >= 4 is 23.2 Å². The van der Waals surface area contributed by atoms with E-state index in [-0.39, 0.29) is 11.8 Å². The maximum Gasteiger partial charge on any atom is 0.261 e. The van der Waals surface area contributed by atoms with E-state index in [1.54, 1.807) is 18.2 Å². The molecule has 0 saturated heterocycles. The van der Waals surface area contributed by atoms with Crippen molar-refractivity contribution in [3.8, 4) is 5.75 Å². The van der Waals surface area contributed by atoms with Gasteiger partial charge in [0.15, 0.2) is 0 Å². The minimum absolute atomic E-state index is 0.0858. The highest BCUT2D eigenvalue weighted by Gasteiger charge is 2.08. The van der Waals surface area contributed by atoms with Gasteiger partial charge in [0.1, 0.15) is 5.75 Å². The lowest BCUT2D eigenvalue weighted by Gasteiger charge is -2.08. The third-order valence-electron chi connectivity index (χ3n) is 4.80. The van der Waals surface area contributed by atoms with Crippen LogP contribution >= 0.6 is 11.3 Å². The van der Waals surface area contributed by atoms with Crippen LogP contribution in [0.25, 0.3) is 0 Å². The zero-order valence-electron chi connectivity index (χ0n) is 17.7. The molecule has 5 nitrogen and oxygen atoms in total. The van der Waals surface area contributed by atoms with E-state index in [1.807, 2.05) is 47.8 Å². The maximum atomic E-state index is 12.4. The van der Waals surface area contributed by atoms with Crippen LogP contribution in [0.4, 0.5) is 0 Å². The van der Waals surface area contributed by atoms with E-state index in [4.69, 9.17) is 4.74 Å². The molecule has 3 rings (SSSR count). The van der Waals surface area contributed by atoms with Crippen molar-refractivity contribution in [2.24, 2.45) is 0 Å². The average molecular weight is 437 g/mol. The summed E-state index contributed by atoms with van der Waals surface area (Å²) in [6.45, 7) is 3.87. The van der Waals surface area contributed by atoms with Crippen molar-refractivity contribution in [1.29, 1.82) is 0 Å². The van der Waals surface area contributed by atoms with Crippen molar-refractivity contribution in [1.82, 2.24) is 10.6 Å². The SMILES string of the molecule is CCCCOc1ccc(CCNC(=O)c2ccc(CNC(=O)c3cccs3)cc2)cc1. The number of hydrogen-bond donors (Lipinski definition) is 2. The van der Waals surface area contributed by atoms with Gasteiger partial charge in [-0.3, -0.25) is 9.59 Å². The zero-order chi connectivity index (χ0) is 21.9. The molecule has 1 aromatic heterocycles. The fourth-order valence-corrected chi connectivity index (χ4v) is 3.60. The summed E-state index contributed by atoms with van der Waals surface area (Å²) in [4.78, 5) is 25.1. The van der Waals surface area contributed by atoms with Crippen molar-refractivity contribution in [3.63, 3.8) is 0 Å². The molecule has 31 heavy (non-hydrogen) atoms. The van der Waals surface area contributed by atoms with E-state index < -0.39 is 0 Å². The molecular formula is C25H28N2O3S. The van der Waals surface area contributed by atoms with Crippen LogP contribution in [-0.2, 0) is 13.0 Å². The van der Waals surface area contributed by atoms with Crippen LogP contribution in [0.5, 0.6) is 5.75 Å². The molecule has 0 atom stereocenters. The number of hydrogen-bond acceptors (Lipinski definition) is 4. The molecule has 162 valence electrons. The van der Waals surface area contributed by atoms with E-state index in [2.05, 4.69) is 17.6 Å². The van der Waals surface area contributed by atoms with E-state index in [9.17, 15) is 9.59 Å². The molecule has 0 unspecified atom stereocenters. The van der Waals surface area contributed by atoms with Crippen molar-refractivity contribution < 1.29 is 14.3 Å². The van der Waals surface area contributed by atoms with E-state index in [1.165, 1.54) is 11.3 Å². The topological polar surface area (TPSA) is 67.4 Å². The number of rotatable bonds is 11. The van der Waals surface area contributed by atoms with Gasteiger partial charge in [-0.25, -0.2) is 0 Å². The van der Waals surface area contributed by atoms with E-state index in [0.717, 1.165) is 42.7 Å². The quantitative estimate of drug-likeness (QED) is 0.423. The highest BCUT2D eigenvalue weighted by atomic mass is 32.1. The molecule has 0 fully saturated rings. The molecule has 2 amide bonds. The van der Waals surface area contributed by atoms with Crippen LogP contribution in [0.3, 0.4) is 0 Å². The second-order valence-corrected chi connectivity index (χ2v) is 8.16. The monoisotopic (exact) mass is 436 g/mol. The van der Waals surface area contributed by atoms with Crippen LogP contribution in [0.15, 0.2) is 66.0 Å². The molecule has 0 saturated carbocycles. The summed E-state index contributed by atoms with van der Waals surface area (Å²) in [5.41, 5.74) is 2.70. The molecule has 2 N–H and O–H groups in total. The highest BCUT2D eigenvalue weighted by Crippen LogP contribution is 2.13. The third-order valence-corrected chi connectivity index (χ3v) is 5.67. The first kappa shape index (κ1) is 22.6. The molecule has 6 heteroatoms. The van der Waals surface area contributed by atoms with E-state index in [0.29, 0.717) is 23.5 Å². The largest absolute Gasteiger partial charge is 0.494 e. The Hall–Kier alpha value is -3.12. The van der Waals surface area contributed by atoms with Crippen LogP contribution in [0.1, 0.15) is 50.9 Å². The van der Waals surface area contributed by atoms with Crippen molar-refractivity contribution in [2.45, 2.75) is 32.7 Å². The first-order valence-electron chi connectivity index (χ1n) is 10.6. The van der Waals surface area contributed by atoms with Gasteiger partial charge >= 0.3 is 0 Å². The van der Waals surface area contributed by atoms with Gasteiger partial charge in [0.05, 0.1) is 11.5 Å². The minimum Gasteiger partial charge on any atom is -0.494 e. The van der Waals surface area contributed by atoms with Crippen molar-refractivity contribution in [2.75, 3.05) is 13.2 Å². The molecule has 0 aliphatic heterocycles. The van der Waals surface area contributed by atoms with Gasteiger partial charge in [-0.05, 0) is 59.7 Å². The number of benzene rings is 2. The van der Waals surface area contributed by atoms with Crippen molar-refractivity contribution in [3.05, 3.63) is 87.6 Å². The van der Waals surface area contributed by atoms with Gasteiger partial charge in [-0.1, -0.05) is 43.7 Å². The molecule has 3 aromatic rings. The lowest BCUT2D eigenvalue weighted by Crippen LogP contribution is -2.25. The second-order valence-electron chi connectivity index (χ2n) is 7.21. The summed E-state index contributed by atoms with van der Waals surface area (Å²) in [6.07, 6.45) is 2.93. The van der Waals surface area contributed by atoms with E-state index >= 15 is 0 Å². The van der Waals surface area contributed by atoms with Gasteiger partial charge in [0.25, 0.3) is 11.8 Å². The Morgan fingerprint density at radius 3 is 2.32 bits per heavy atom. The number of nitrogens with one attached hydrogen (secondary N) is 2. The van der Waals surface area contributed by atoms with Crippen LogP contribution < -0.4 is 15.4 Å². The summed E-state index contributed by atoms with van der Waals surface area (Å²) in [5, 5.41) is 7.71. The number of thiophene rings is 1. The number of ether oxygens (including phenoxy) is 1. The Bertz CT molecular complexity index is 951. The number of unbranched alkanes of at least 4 members (excludes halogenated alkanes) is 1. The Labute approximate surface area is 187 Å². The van der Waals surface area contributed by atoms with Crippen LogP contribution in [0, 0.1) is 0 Å². The van der Waals surface area contributed by atoms with Gasteiger partial charge in [-0.15, -0.1) is 11.3 Å². The van der Waals surface area contributed by atoms with Gasteiger partial charge in [0, 0.05) is 18.7 Å². The normalized spacial score (nSPS) is 10.5. The number of amides is 2. The Morgan fingerprint density at radius 1 is 0.903 bits per heavy atom. The predicted molar refractivity (Wildman–Crippen MR) is 125 cm³/mol. The minimum atomic E-state index is -0.103. The molecular weight excluding hydrogens is 408 g/mol. The summed E-state index contributed by atoms with van der Waals surface area (Å²) < 4.78 is 5.67. The summed E-state index contributed by atoms with van der Waals surface area (Å²) in [6, 6.07) is 19.0. The molecule has 1 heterocycles. The molecule has 0 aliphatic carbocycles. The fourth-order valence-electron chi connectivity index (χ4n) is 2.96. The Kier molecular flexibility index (Phi) is 8.67. The molecule has 0 bridgehead atoms. The number of carbonyl (C=O) groups excluding carboxylic acids is 2. The van der Waals surface area contributed by atoms with Gasteiger partial charge in [0.2, 0.25) is 0 Å². The van der Waals surface area contributed by atoms with Gasteiger partial charge in [-0.2, -0.15) is 0 Å². The Balaban J connectivity index is 1.39. The maximum absolute atomic E-state index is 12.4. The predicted octanol–water partition coefficient (Wildman–Crippen LogP) is 4.83. The number of carbonyl (C=O) groups is 2. The molecule has 0 aliphatic rings. The standard InChI is InChI=1S/C25H28N2O3S/c1-2-3-16-30-22-12-8-19(9-13-22)14-15-26-24(28)21-10-6-20(7-11-21)18-27-25(29)23-5-4-17-31-23/h4-13,17H,2-3,14-16,18H2,1H3,(H,26,28)(H,27,29). The molecule has 0 spiro atoms. The summed E-state index contributed by atoms with van der Waals surface area (Å²) in [7, 11) is 0. The van der Waals surface area contributed by atoms with Gasteiger partial charge < -0.3 is 15.4 Å². The summed E-state index contributed by atoms with van der Waals surface area (Å²) >= 11 is 1.41. The lowest BCUT2D eigenvalue weighted by atomic mass is 10.1. The first-order chi connectivity index (χ1) is 15.2.